The minimum absolute atomic E-state index is 0.0983. The van der Waals surface area contributed by atoms with E-state index in [2.05, 4.69) is 5.32 Å². The molecule has 0 aromatic heterocycles. The van der Waals surface area contributed by atoms with Gasteiger partial charge in [-0.1, -0.05) is 26.0 Å². The van der Waals surface area contributed by atoms with Crippen LogP contribution in [0.5, 0.6) is 0 Å². The zero-order valence-electron chi connectivity index (χ0n) is 13.0. The van der Waals surface area contributed by atoms with Gasteiger partial charge in [0.05, 0.1) is 0 Å². The van der Waals surface area contributed by atoms with Crippen molar-refractivity contribution in [2.75, 3.05) is 0 Å². The number of nitrogens with one attached hydrogen (secondary N) is 1. The van der Waals surface area contributed by atoms with Crippen LogP contribution in [0.1, 0.15) is 42.6 Å². The summed E-state index contributed by atoms with van der Waals surface area (Å²) in [4.78, 5) is 23.1. The van der Waals surface area contributed by atoms with E-state index in [1.807, 2.05) is 13.8 Å². The van der Waals surface area contributed by atoms with Gasteiger partial charge in [0.25, 0.3) is 5.91 Å². The highest BCUT2D eigenvalue weighted by Crippen LogP contribution is 2.22. The van der Waals surface area contributed by atoms with E-state index >= 15 is 0 Å². The molecule has 23 heavy (non-hydrogen) atoms. The fourth-order valence-corrected chi connectivity index (χ4v) is 2.04. The largest absolute Gasteiger partial charge is 0.480 e. The van der Waals surface area contributed by atoms with E-state index in [1.54, 1.807) is 0 Å². The summed E-state index contributed by atoms with van der Waals surface area (Å²) in [7, 11) is 0. The summed E-state index contributed by atoms with van der Waals surface area (Å²) < 4.78 is 36.5. The Morgan fingerprint density at radius 3 is 2.17 bits per heavy atom. The Bertz CT molecular complexity index is 538. The van der Waals surface area contributed by atoms with E-state index < -0.39 is 30.5 Å². The maximum absolute atomic E-state index is 12.2. The summed E-state index contributed by atoms with van der Waals surface area (Å²) in [5.41, 5.74) is 0.687. The van der Waals surface area contributed by atoms with Gasteiger partial charge >= 0.3 is 12.1 Å². The molecule has 0 radical (unpaired) electrons. The van der Waals surface area contributed by atoms with Crippen molar-refractivity contribution in [3.63, 3.8) is 0 Å². The van der Waals surface area contributed by atoms with Crippen LogP contribution in [0.25, 0.3) is 0 Å². The van der Waals surface area contributed by atoms with Crippen LogP contribution in [0, 0.1) is 5.92 Å². The Morgan fingerprint density at radius 1 is 1.17 bits per heavy atom. The molecule has 0 aliphatic rings. The molecule has 7 heteroatoms. The molecule has 0 spiro atoms. The monoisotopic (exact) mass is 331 g/mol. The van der Waals surface area contributed by atoms with Crippen LogP contribution in [-0.2, 0) is 11.2 Å². The zero-order valence-corrected chi connectivity index (χ0v) is 13.0. The first-order valence-corrected chi connectivity index (χ1v) is 7.28. The molecule has 1 amide bonds. The summed E-state index contributed by atoms with van der Waals surface area (Å²) in [6.07, 6.45) is -5.00. The van der Waals surface area contributed by atoms with Crippen molar-refractivity contribution in [3.05, 3.63) is 35.4 Å². The molecule has 0 aliphatic carbocycles. The van der Waals surface area contributed by atoms with E-state index in [0.717, 1.165) is 0 Å². The number of carbonyl (C=O) groups is 2. The van der Waals surface area contributed by atoms with E-state index in [1.165, 1.54) is 24.3 Å². The molecule has 0 saturated carbocycles. The third-order valence-electron chi connectivity index (χ3n) is 3.22. The predicted molar refractivity (Wildman–Crippen MR) is 79.2 cm³/mol. The lowest BCUT2D eigenvalue weighted by molar-refractivity contribution is -0.139. The van der Waals surface area contributed by atoms with Crippen LogP contribution in [-0.4, -0.2) is 29.2 Å². The number of hydrogen-bond donors (Lipinski definition) is 2. The number of carbonyl (C=O) groups excluding carboxylic acids is 1. The molecule has 0 heterocycles. The number of amides is 1. The maximum Gasteiger partial charge on any atom is 0.389 e. The lowest BCUT2D eigenvalue weighted by atomic mass is 10.0. The number of carboxylic acid groups (broad SMARTS) is 1. The van der Waals surface area contributed by atoms with Gasteiger partial charge in [-0.25, -0.2) is 4.79 Å². The summed E-state index contributed by atoms with van der Waals surface area (Å²) in [6.45, 7) is 3.69. The van der Waals surface area contributed by atoms with Gasteiger partial charge < -0.3 is 10.4 Å². The van der Waals surface area contributed by atoms with E-state index in [9.17, 15) is 22.8 Å². The standard InChI is InChI=1S/C16H20F3NO3/c1-10(2)9-13(15(22)23)20-14(21)12-5-3-11(4-6-12)7-8-16(17,18)19/h3-6,10,13H,7-9H2,1-2H3,(H,20,21)(H,22,23). The summed E-state index contributed by atoms with van der Waals surface area (Å²) in [6, 6.07) is 4.69. The smallest absolute Gasteiger partial charge is 0.389 e. The fourth-order valence-electron chi connectivity index (χ4n) is 2.04. The van der Waals surface area contributed by atoms with Crippen molar-refractivity contribution in [1.29, 1.82) is 0 Å². The average Bonchev–Trinajstić information content (AvgIpc) is 2.43. The van der Waals surface area contributed by atoms with E-state index in [4.69, 9.17) is 5.11 Å². The van der Waals surface area contributed by atoms with Gasteiger partial charge in [-0.3, -0.25) is 4.79 Å². The Labute approximate surface area is 132 Å². The summed E-state index contributed by atoms with van der Waals surface area (Å²) >= 11 is 0. The number of carboxylic acids is 1. The second kappa shape index (κ2) is 7.99. The third-order valence-corrected chi connectivity index (χ3v) is 3.22. The highest BCUT2D eigenvalue weighted by Gasteiger charge is 2.26. The molecule has 1 atom stereocenters. The highest BCUT2D eigenvalue weighted by atomic mass is 19.4. The molecule has 1 aromatic carbocycles. The van der Waals surface area contributed by atoms with Crippen molar-refractivity contribution in [2.45, 2.75) is 45.3 Å². The van der Waals surface area contributed by atoms with Gasteiger partial charge in [0, 0.05) is 12.0 Å². The highest BCUT2D eigenvalue weighted by molar-refractivity contribution is 5.96. The first-order valence-electron chi connectivity index (χ1n) is 7.28. The lowest BCUT2D eigenvalue weighted by Gasteiger charge is -2.16. The molecule has 128 valence electrons. The van der Waals surface area contributed by atoms with Gasteiger partial charge in [-0.15, -0.1) is 0 Å². The number of hydrogen-bond acceptors (Lipinski definition) is 2. The molecule has 0 fully saturated rings. The van der Waals surface area contributed by atoms with Crippen LogP contribution in [0.2, 0.25) is 0 Å². The Balaban J connectivity index is 2.67. The average molecular weight is 331 g/mol. The van der Waals surface area contributed by atoms with Gasteiger partial charge in [0.2, 0.25) is 0 Å². The van der Waals surface area contributed by atoms with E-state index in [0.29, 0.717) is 12.0 Å². The van der Waals surface area contributed by atoms with Crippen LogP contribution in [0.4, 0.5) is 13.2 Å². The first kappa shape index (κ1) is 19.0. The SMILES string of the molecule is CC(C)CC(NC(=O)c1ccc(CCC(F)(F)F)cc1)C(=O)O. The number of alkyl halides is 3. The normalized spacial score (nSPS) is 13.0. The molecule has 4 nitrogen and oxygen atoms in total. The van der Waals surface area contributed by atoms with Crippen molar-refractivity contribution >= 4 is 11.9 Å². The minimum Gasteiger partial charge on any atom is -0.480 e. The van der Waals surface area contributed by atoms with Gasteiger partial charge in [0.15, 0.2) is 0 Å². The van der Waals surface area contributed by atoms with Crippen molar-refractivity contribution in [1.82, 2.24) is 5.32 Å². The number of rotatable bonds is 7. The second-order valence-electron chi connectivity index (χ2n) is 5.81. The fraction of sp³-hybridized carbons (Fsp3) is 0.500. The Morgan fingerprint density at radius 2 is 1.74 bits per heavy atom. The van der Waals surface area contributed by atoms with Crippen molar-refractivity contribution < 1.29 is 27.9 Å². The van der Waals surface area contributed by atoms with Gasteiger partial charge in [-0.2, -0.15) is 13.2 Å². The molecule has 1 unspecified atom stereocenters. The number of aliphatic carboxylic acids is 1. The molecule has 0 aliphatic heterocycles. The molecule has 0 saturated heterocycles. The third kappa shape index (κ3) is 7.17. The second-order valence-corrected chi connectivity index (χ2v) is 5.81. The quantitative estimate of drug-likeness (QED) is 0.804. The number of benzene rings is 1. The predicted octanol–water partition coefficient (Wildman–Crippen LogP) is 3.41. The lowest BCUT2D eigenvalue weighted by Crippen LogP contribution is -2.41. The van der Waals surface area contributed by atoms with Crippen LogP contribution in [0.3, 0.4) is 0 Å². The Hall–Kier alpha value is -2.05. The minimum atomic E-state index is -4.22. The molecular formula is C16H20F3NO3. The number of halogens is 3. The maximum atomic E-state index is 12.2. The van der Waals surface area contributed by atoms with Crippen molar-refractivity contribution in [3.8, 4) is 0 Å². The molecule has 1 rings (SSSR count). The van der Waals surface area contributed by atoms with Crippen molar-refractivity contribution in [2.24, 2.45) is 5.92 Å². The first-order chi connectivity index (χ1) is 10.6. The van der Waals surface area contributed by atoms with E-state index in [-0.39, 0.29) is 17.9 Å². The molecule has 2 N–H and O–H groups in total. The zero-order chi connectivity index (χ0) is 17.6. The summed E-state index contributed by atoms with van der Waals surface area (Å²) in [5, 5.41) is 11.5. The van der Waals surface area contributed by atoms with Gasteiger partial charge in [0.1, 0.15) is 6.04 Å². The van der Waals surface area contributed by atoms with Crippen LogP contribution >= 0.6 is 0 Å². The molecule has 0 bridgehead atoms. The topological polar surface area (TPSA) is 66.4 Å². The summed E-state index contributed by atoms with van der Waals surface area (Å²) in [5.74, 6) is -1.57. The van der Waals surface area contributed by atoms with Gasteiger partial charge in [-0.05, 0) is 36.5 Å². The Kier molecular flexibility index (Phi) is 6.60. The van der Waals surface area contributed by atoms with Crippen LogP contribution < -0.4 is 5.32 Å². The number of aryl methyl sites for hydroxylation is 1. The molecule has 1 aromatic rings. The molecular weight excluding hydrogens is 311 g/mol. The van der Waals surface area contributed by atoms with Crippen LogP contribution in [0.15, 0.2) is 24.3 Å².